The topological polar surface area (TPSA) is 296 Å². The number of Topliss-reactive ketones (excluding diaryl/α,β-unsaturated/α-hetero) is 1. The summed E-state index contributed by atoms with van der Waals surface area (Å²) in [5.41, 5.74) is 0. The van der Waals surface area contributed by atoms with E-state index in [0.29, 0.717) is 51.5 Å². The molecule has 0 radical (unpaired) electrons. The SMILES string of the molecule is CC(=O)[C@@H](CCCCNC(=O)CCCCOC(O)C(O)[C@H](O)C(O)CCO)NC(=O)CCCCOC(O)C(O)C(O)C(O)CCO. The van der Waals surface area contributed by atoms with Crippen molar-refractivity contribution in [3.63, 3.8) is 0 Å². The van der Waals surface area contributed by atoms with Crippen LogP contribution in [0.15, 0.2) is 0 Å². The number of amides is 2. The van der Waals surface area contributed by atoms with Crippen LogP contribution in [-0.2, 0) is 23.9 Å². The van der Waals surface area contributed by atoms with Gasteiger partial charge in [0.2, 0.25) is 11.8 Å². The van der Waals surface area contributed by atoms with Gasteiger partial charge in [-0.1, -0.05) is 0 Å². The number of hydrogen-bond donors (Lipinski definition) is 12. The zero-order valence-electron chi connectivity index (χ0n) is 26.5. The largest absolute Gasteiger partial charge is 0.396 e. The second-order valence-corrected chi connectivity index (χ2v) is 11.1. The van der Waals surface area contributed by atoms with Gasteiger partial charge in [-0.2, -0.15) is 0 Å². The van der Waals surface area contributed by atoms with Crippen LogP contribution in [-0.4, -0.2) is 157 Å². The van der Waals surface area contributed by atoms with Gasteiger partial charge in [-0.3, -0.25) is 14.4 Å². The molecule has 17 heteroatoms. The van der Waals surface area contributed by atoms with Crippen LogP contribution in [0, 0.1) is 0 Å². The quantitative estimate of drug-likeness (QED) is 0.0269. The molecule has 46 heavy (non-hydrogen) atoms. The van der Waals surface area contributed by atoms with Crippen molar-refractivity contribution in [1.29, 1.82) is 0 Å². The van der Waals surface area contributed by atoms with Gasteiger partial charge < -0.3 is 71.2 Å². The molecule has 0 aliphatic heterocycles. The van der Waals surface area contributed by atoms with E-state index in [9.17, 15) is 55.2 Å². The smallest absolute Gasteiger partial charge is 0.220 e. The maximum atomic E-state index is 12.3. The molecule has 0 aliphatic rings. The Balaban J connectivity index is 4.07. The molecule has 0 fully saturated rings. The van der Waals surface area contributed by atoms with Crippen molar-refractivity contribution in [2.45, 2.75) is 133 Å². The Morgan fingerprint density at radius 2 is 1.04 bits per heavy atom. The van der Waals surface area contributed by atoms with Crippen molar-refractivity contribution < 1.29 is 74.9 Å². The lowest BCUT2D eigenvalue weighted by Gasteiger charge is -2.26. The Labute approximate surface area is 269 Å². The maximum Gasteiger partial charge on any atom is 0.220 e. The van der Waals surface area contributed by atoms with Gasteiger partial charge in [-0.05, 0) is 64.7 Å². The molecule has 0 heterocycles. The maximum absolute atomic E-state index is 12.3. The fourth-order valence-electron chi connectivity index (χ4n) is 4.21. The third kappa shape index (κ3) is 19.7. The van der Waals surface area contributed by atoms with Crippen molar-refractivity contribution in [3.8, 4) is 0 Å². The molecular weight excluding hydrogens is 616 g/mol. The van der Waals surface area contributed by atoms with Gasteiger partial charge in [0.15, 0.2) is 18.4 Å². The molecule has 272 valence electrons. The van der Waals surface area contributed by atoms with Crippen molar-refractivity contribution in [3.05, 3.63) is 0 Å². The lowest BCUT2D eigenvalue weighted by molar-refractivity contribution is -0.203. The van der Waals surface area contributed by atoms with E-state index in [-0.39, 0.29) is 56.5 Å². The molecule has 0 aromatic carbocycles. The Kier molecular flexibility index (Phi) is 25.1. The third-order valence-electron chi connectivity index (χ3n) is 7.16. The normalized spacial score (nSPS) is 17.6. The first kappa shape index (κ1) is 44.1. The van der Waals surface area contributed by atoms with Crippen LogP contribution in [0.3, 0.4) is 0 Å². The Hall–Kier alpha value is -1.87. The number of ether oxygens (including phenoxy) is 2. The minimum absolute atomic E-state index is 0.00294. The summed E-state index contributed by atoms with van der Waals surface area (Å²) in [7, 11) is 0. The van der Waals surface area contributed by atoms with Crippen molar-refractivity contribution in [2.75, 3.05) is 33.0 Å². The fourth-order valence-corrected chi connectivity index (χ4v) is 4.21. The van der Waals surface area contributed by atoms with Crippen LogP contribution in [0.25, 0.3) is 0 Å². The van der Waals surface area contributed by atoms with E-state index in [1.54, 1.807) is 0 Å². The first-order valence-corrected chi connectivity index (χ1v) is 15.7. The standard InChI is InChI=1S/C29H56N2O15/c1-18(34)19(31-23(38)10-4-7-17-46-29(44)27(42)25(40)21(36)12-15-33)8-2-5-13-30-22(37)9-3-6-16-45-28(43)26(41)24(39)20(35)11-14-32/h19-21,24-29,32-33,35-36,39-44H,2-17H2,1H3,(H,30,37)(H,31,38)/t19-,20?,21?,24-,25?,26?,27?,28?,29?/m1/s1. The molecular formula is C29H56N2O15. The molecule has 0 aliphatic carbocycles. The fraction of sp³-hybridized carbons (Fsp3) is 0.897. The highest BCUT2D eigenvalue weighted by Crippen LogP contribution is 2.11. The second-order valence-electron chi connectivity index (χ2n) is 11.1. The lowest BCUT2D eigenvalue weighted by atomic mass is 10.1. The molecule has 0 aromatic rings. The van der Waals surface area contributed by atoms with E-state index in [4.69, 9.17) is 19.7 Å². The summed E-state index contributed by atoms with van der Waals surface area (Å²) in [4.78, 5) is 36.3. The number of hydrogen-bond acceptors (Lipinski definition) is 15. The van der Waals surface area contributed by atoms with Crippen molar-refractivity contribution >= 4 is 17.6 Å². The number of unbranched alkanes of at least 4 members (excludes halogenated alkanes) is 3. The predicted octanol–water partition coefficient (Wildman–Crippen LogP) is -3.71. The summed E-state index contributed by atoms with van der Waals surface area (Å²) >= 11 is 0. The zero-order valence-corrected chi connectivity index (χ0v) is 26.5. The molecule has 0 aromatic heterocycles. The first-order valence-electron chi connectivity index (χ1n) is 15.7. The van der Waals surface area contributed by atoms with E-state index < -0.39 is 68.5 Å². The molecule has 2 amide bonds. The van der Waals surface area contributed by atoms with Crippen LogP contribution >= 0.6 is 0 Å². The first-order chi connectivity index (χ1) is 21.8. The summed E-state index contributed by atoms with van der Waals surface area (Å²) in [6, 6.07) is -0.684. The average Bonchev–Trinajstić information content (AvgIpc) is 3.01. The summed E-state index contributed by atoms with van der Waals surface area (Å²) in [5.74, 6) is -0.769. The molecule has 0 spiro atoms. The number of nitrogens with one attached hydrogen (secondary N) is 2. The van der Waals surface area contributed by atoms with Gasteiger partial charge in [0.1, 0.15) is 24.4 Å². The Bertz CT molecular complexity index is 824. The van der Waals surface area contributed by atoms with Crippen LogP contribution in [0.4, 0.5) is 0 Å². The molecule has 0 bridgehead atoms. The van der Waals surface area contributed by atoms with Gasteiger partial charge >= 0.3 is 0 Å². The molecule has 17 nitrogen and oxygen atoms in total. The third-order valence-corrected chi connectivity index (χ3v) is 7.16. The lowest BCUT2D eigenvalue weighted by Crippen LogP contribution is -2.45. The molecule has 7 unspecified atom stereocenters. The highest BCUT2D eigenvalue weighted by molar-refractivity contribution is 5.87. The summed E-state index contributed by atoms with van der Waals surface area (Å²) in [5, 5.41) is 101. The van der Waals surface area contributed by atoms with Crippen LogP contribution in [0.1, 0.15) is 77.6 Å². The average molecular weight is 673 g/mol. The molecule has 0 rings (SSSR count). The van der Waals surface area contributed by atoms with E-state index in [1.165, 1.54) is 6.92 Å². The van der Waals surface area contributed by atoms with E-state index >= 15 is 0 Å². The van der Waals surface area contributed by atoms with E-state index in [0.717, 1.165) is 0 Å². The van der Waals surface area contributed by atoms with Gasteiger partial charge in [-0.15, -0.1) is 0 Å². The highest BCUT2D eigenvalue weighted by Gasteiger charge is 2.31. The van der Waals surface area contributed by atoms with Gasteiger partial charge in [-0.25, -0.2) is 0 Å². The number of carbonyl (C=O) groups excluding carboxylic acids is 3. The van der Waals surface area contributed by atoms with Gasteiger partial charge in [0, 0.05) is 45.8 Å². The van der Waals surface area contributed by atoms with Crippen LogP contribution in [0.2, 0.25) is 0 Å². The van der Waals surface area contributed by atoms with Crippen LogP contribution < -0.4 is 10.6 Å². The van der Waals surface area contributed by atoms with Crippen molar-refractivity contribution in [2.24, 2.45) is 0 Å². The summed E-state index contributed by atoms with van der Waals surface area (Å²) < 4.78 is 10.1. The monoisotopic (exact) mass is 672 g/mol. The van der Waals surface area contributed by atoms with E-state index in [2.05, 4.69) is 10.6 Å². The number of aliphatic hydroxyl groups excluding tert-OH is 10. The predicted molar refractivity (Wildman–Crippen MR) is 161 cm³/mol. The van der Waals surface area contributed by atoms with Gasteiger partial charge in [0.05, 0.1) is 18.2 Å². The molecule has 0 saturated carbocycles. The Morgan fingerprint density at radius 3 is 1.48 bits per heavy atom. The highest BCUT2D eigenvalue weighted by atomic mass is 16.6. The minimum Gasteiger partial charge on any atom is -0.396 e. The van der Waals surface area contributed by atoms with Crippen molar-refractivity contribution in [1.82, 2.24) is 10.6 Å². The minimum atomic E-state index is -1.79. The number of carbonyl (C=O) groups is 3. The molecule has 9 atom stereocenters. The van der Waals surface area contributed by atoms with Crippen LogP contribution in [0.5, 0.6) is 0 Å². The number of ketones is 1. The summed E-state index contributed by atoms with van der Waals surface area (Å²) in [6.45, 7) is 0.874. The molecule has 0 saturated heterocycles. The molecule has 12 N–H and O–H groups in total. The van der Waals surface area contributed by atoms with Gasteiger partial charge in [0.25, 0.3) is 0 Å². The summed E-state index contributed by atoms with van der Waals surface area (Å²) in [6.07, 6.45) is -10.4. The number of aliphatic hydroxyl groups is 10. The Morgan fingerprint density at radius 1 is 0.587 bits per heavy atom. The second kappa shape index (κ2) is 26.1. The number of rotatable bonds is 29. The van der Waals surface area contributed by atoms with E-state index in [1.807, 2.05) is 0 Å². The zero-order chi connectivity index (χ0) is 35.1.